The molecule has 0 spiro atoms. The van der Waals surface area contributed by atoms with Gasteiger partial charge in [-0.05, 0) is 31.2 Å². The lowest BCUT2D eigenvalue weighted by molar-refractivity contribution is -0.151. The van der Waals surface area contributed by atoms with Crippen LogP contribution >= 0.6 is 11.3 Å². The Labute approximate surface area is 155 Å². The summed E-state index contributed by atoms with van der Waals surface area (Å²) in [4.78, 5) is 43.4. The number of carbonyl (C=O) groups is 2. The molecule has 0 atom stereocenters. The zero-order valence-corrected chi connectivity index (χ0v) is 15.4. The summed E-state index contributed by atoms with van der Waals surface area (Å²) in [7, 11) is 0. The van der Waals surface area contributed by atoms with E-state index in [0.29, 0.717) is 38.2 Å². The van der Waals surface area contributed by atoms with E-state index in [4.69, 9.17) is 4.74 Å². The van der Waals surface area contributed by atoms with Crippen LogP contribution in [0.25, 0.3) is 10.6 Å². The van der Waals surface area contributed by atoms with Crippen molar-refractivity contribution in [3.63, 3.8) is 0 Å². The SMILES string of the molecule is CCOC(=O)C1CCN(C(=O)Cn2cnc(-c3cccs3)cc2=O)CC1. The smallest absolute Gasteiger partial charge is 0.309 e. The van der Waals surface area contributed by atoms with Gasteiger partial charge in [-0.2, -0.15) is 0 Å². The van der Waals surface area contributed by atoms with Crippen LogP contribution in [0.3, 0.4) is 0 Å². The molecule has 2 aromatic heterocycles. The highest BCUT2D eigenvalue weighted by Gasteiger charge is 2.28. The van der Waals surface area contributed by atoms with Crippen LogP contribution in [0, 0.1) is 5.92 Å². The van der Waals surface area contributed by atoms with E-state index in [2.05, 4.69) is 4.98 Å². The summed E-state index contributed by atoms with van der Waals surface area (Å²) in [6.07, 6.45) is 2.60. The Kier molecular flexibility index (Phi) is 5.82. The van der Waals surface area contributed by atoms with Crippen molar-refractivity contribution in [1.29, 1.82) is 0 Å². The average molecular weight is 375 g/mol. The van der Waals surface area contributed by atoms with E-state index in [-0.39, 0.29) is 29.9 Å². The number of likely N-dealkylation sites (tertiary alicyclic amines) is 1. The topological polar surface area (TPSA) is 81.5 Å². The Balaban J connectivity index is 1.59. The highest BCUT2D eigenvalue weighted by Crippen LogP contribution is 2.21. The van der Waals surface area contributed by atoms with Crippen molar-refractivity contribution in [3.05, 3.63) is 40.3 Å². The van der Waals surface area contributed by atoms with Crippen LogP contribution < -0.4 is 5.56 Å². The molecular weight excluding hydrogens is 354 g/mol. The first-order valence-electron chi connectivity index (χ1n) is 8.63. The normalized spacial score (nSPS) is 15.0. The fraction of sp³-hybridized carbons (Fsp3) is 0.444. The van der Waals surface area contributed by atoms with Crippen molar-refractivity contribution in [2.45, 2.75) is 26.3 Å². The number of piperidine rings is 1. The van der Waals surface area contributed by atoms with E-state index in [0.717, 1.165) is 4.88 Å². The molecule has 26 heavy (non-hydrogen) atoms. The molecule has 0 bridgehead atoms. The van der Waals surface area contributed by atoms with E-state index >= 15 is 0 Å². The zero-order chi connectivity index (χ0) is 18.5. The monoisotopic (exact) mass is 375 g/mol. The second-order valence-corrected chi connectivity index (χ2v) is 7.07. The number of esters is 1. The molecule has 0 N–H and O–H groups in total. The van der Waals surface area contributed by atoms with Crippen LogP contribution in [0.1, 0.15) is 19.8 Å². The third-order valence-electron chi connectivity index (χ3n) is 4.43. The van der Waals surface area contributed by atoms with Crippen LogP contribution in [0.5, 0.6) is 0 Å². The molecule has 1 aliphatic heterocycles. The van der Waals surface area contributed by atoms with Gasteiger partial charge in [-0.1, -0.05) is 6.07 Å². The molecule has 2 aromatic rings. The molecule has 0 unspecified atom stereocenters. The molecule has 1 saturated heterocycles. The molecule has 1 fully saturated rings. The number of hydrogen-bond acceptors (Lipinski definition) is 6. The first kappa shape index (κ1) is 18.3. The average Bonchev–Trinajstić information content (AvgIpc) is 3.18. The lowest BCUT2D eigenvalue weighted by atomic mass is 9.97. The highest BCUT2D eigenvalue weighted by molar-refractivity contribution is 7.13. The standard InChI is InChI=1S/C18H21N3O4S/c1-2-25-18(24)13-5-7-20(8-6-13)17(23)11-21-12-19-14(10-16(21)22)15-4-3-9-26-15/h3-4,9-10,12-13H,2,5-8,11H2,1H3. The number of carbonyl (C=O) groups excluding carboxylic acids is 2. The molecule has 7 nitrogen and oxygen atoms in total. The van der Waals surface area contributed by atoms with E-state index in [1.54, 1.807) is 11.8 Å². The van der Waals surface area contributed by atoms with Gasteiger partial charge in [0, 0.05) is 19.2 Å². The van der Waals surface area contributed by atoms with Gasteiger partial charge in [0.25, 0.3) is 5.56 Å². The third kappa shape index (κ3) is 4.19. The van der Waals surface area contributed by atoms with Crippen molar-refractivity contribution in [2.75, 3.05) is 19.7 Å². The Hall–Kier alpha value is -2.48. The molecule has 3 heterocycles. The molecular formula is C18H21N3O4S. The molecule has 138 valence electrons. The number of rotatable bonds is 5. The summed E-state index contributed by atoms with van der Waals surface area (Å²) in [5, 5.41) is 1.92. The fourth-order valence-corrected chi connectivity index (χ4v) is 3.67. The maximum Gasteiger partial charge on any atom is 0.309 e. The summed E-state index contributed by atoms with van der Waals surface area (Å²) < 4.78 is 6.35. The first-order chi connectivity index (χ1) is 12.6. The molecule has 0 aromatic carbocycles. The Morgan fingerprint density at radius 2 is 2.12 bits per heavy atom. The molecule has 1 aliphatic rings. The summed E-state index contributed by atoms with van der Waals surface area (Å²) >= 11 is 1.51. The minimum atomic E-state index is -0.252. The van der Waals surface area contributed by atoms with Crippen LogP contribution in [0.4, 0.5) is 0 Å². The van der Waals surface area contributed by atoms with Crippen molar-refractivity contribution in [3.8, 4) is 10.6 Å². The highest BCUT2D eigenvalue weighted by atomic mass is 32.1. The number of thiophene rings is 1. The van der Waals surface area contributed by atoms with Gasteiger partial charge in [-0.25, -0.2) is 4.98 Å². The Morgan fingerprint density at radius 3 is 2.73 bits per heavy atom. The Bertz CT molecular complexity index is 823. The largest absolute Gasteiger partial charge is 0.466 e. The van der Waals surface area contributed by atoms with Gasteiger partial charge < -0.3 is 9.64 Å². The van der Waals surface area contributed by atoms with E-state index in [9.17, 15) is 14.4 Å². The molecule has 1 amide bonds. The van der Waals surface area contributed by atoms with Gasteiger partial charge in [-0.15, -0.1) is 11.3 Å². The molecule has 8 heteroatoms. The summed E-state index contributed by atoms with van der Waals surface area (Å²) in [6.45, 7) is 3.11. The summed E-state index contributed by atoms with van der Waals surface area (Å²) in [5.74, 6) is -0.474. The van der Waals surface area contributed by atoms with Gasteiger partial charge in [0.15, 0.2) is 0 Å². The van der Waals surface area contributed by atoms with Gasteiger partial charge in [0.1, 0.15) is 6.54 Å². The maximum atomic E-state index is 12.5. The van der Waals surface area contributed by atoms with Crippen LogP contribution in [0.2, 0.25) is 0 Å². The second-order valence-electron chi connectivity index (χ2n) is 6.12. The van der Waals surface area contributed by atoms with E-state index in [1.807, 2.05) is 17.5 Å². The molecule has 0 radical (unpaired) electrons. The number of aromatic nitrogens is 2. The zero-order valence-electron chi connectivity index (χ0n) is 14.6. The predicted molar refractivity (Wildman–Crippen MR) is 97.7 cm³/mol. The van der Waals surface area contributed by atoms with Gasteiger partial charge in [0.05, 0.1) is 29.4 Å². The lowest BCUT2D eigenvalue weighted by Gasteiger charge is -2.31. The first-order valence-corrected chi connectivity index (χ1v) is 9.51. The lowest BCUT2D eigenvalue weighted by Crippen LogP contribution is -2.43. The molecule has 0 aliphatic carbocycles. The number of hydrogen-bond donors (Lipinski definition) is 0. The summed E-state index contributed by atoms with van der Waals surface area (Å²) in [6, 6.07) is 5.25. The maximum absolute atomic E-state index is 12.5. The van der Waals surface area contributed by atoms with Crippen molar-refractivity contribution in [2.24, 2.45) is 5.92 Å². The van der Waals surface area contributed by atoms with Gasteiger partial charge in [-0.3, -0.25) is 19.0 Å². The second kappa shape index (κ2) is 8.27. The van der Waals surface area contributed by atoms with Crippen molar-refractivity contribution < 1.29 is 14.3 Å². The quantitative estimate of drug-likeness (QED) is 0.744. The minimum Gasteiger partial charge on any atom is -0.466 e. The minimum absolute atomic E-state index is 0.0410. The third-order valence-corrected chi connectivity index (χ3v) is 5.32. The van der Waals surface area contributed by atoms with E-state index in [1.165, 1.54) is 28.3 Å². The van der Waals surface area contributed by atoms with Gasteiger partial charge >= 0.3 is 5.97 Å². The number of nitrogens with zero attached hydrogens (tertiary/aromatic N) is 3. The molecule has 0 saturated carbocycles. The van der Waals surface area contributed by atoms with Crippen LogP contribution in [0.15, 0.2) is 34.7 Å². The Morgan fingerprint density at radius 1 is 1.35 bits per heavy atom. The predicted octanol–water partition coefficient (Wildman–Crippen LogP) is 1.77. The van der Waals surface area contributed by atoms with Crippen molar-refractivity contribution in [1.82, 2.24) is 14.5 Å². The summed E-state index contributed by atoms with van der Waals surface area (Å²) in [5.41, 5.74) is 0.363. The van der Waals surface area contributed by atoms with Crippen LogP contribution in [-0.2, 0) is 20.9 Å². The van der Waals surface area contributed by atoms with Gasteiger partial charge in [0.2, 0.25) is 5.91 Å². The molecule has 3 rings (SSSR count). The fourth-order valence-electron chi connectivity index (χ4n) is 2.97. The number of ether oxygens (including phenoxy) is 1. The van der Waals surface area contributed by atoms with E-state index < -0.39 is 0 Å². The van der Waals surface area contributed by atoms with Crippen LogP contribution in [-0.4, -0.2) is 46.0 Å². The van der Waals surface area contributed by atoms with Crippen molar-refractivity contribution >= 4 is 23.2 Å². The number of amides is 1.